The Kier molecular flexibility index (Phi) is 7.61. The number of hydrogen-bond donors (Lipinski definition) is 0. The van der Waals surface area contributed by atoms with Gasteiger partial charge in [-0.1, -0.05) is 47.6 Å². The van der Waals surface area contributed by atoms with Gasteiger partial charge in [0.25, 0.3) is 0 Å². The number of allylic oxidation sites excluding steroid dienone is 1. The van der Waals surface area contributed by atoms with Crippen LogP contribution in [0.5, 0.6) is 5.75 Å². The van der Waals surface area contributed by atoms with Crippen LogP contribution in [0.25, 0.3) is 6.08 Å². The van der Waals surface area contributed by atoms with Gasteiger partial charge in [0.05, 0.1) is 7.11 Å². The molecule has 0 aliphatic carbocycles. The first-order valence-electron chi connectivity index (χ1n) is 9.10. The number of halogens is 2. The van der Waals surface area contributed by atoms with Gasteiger partial charge in [0, 0.05) is 25.3 Å². The molecule has 0 N–H and O–H groups in total. The first-order chi connectivity index (χ1) is 13.0. The van der Waals surface area contributed by atoms with Crippen LogP contribution >= 0.6 is 7.60 Å². The minimum Gasteiger partial charge on any atom is -0.496 e. The highest BCUT2D eigenvalue weighted by Crippen LogP contribution is 2.61. The van der Waals surface area contributed by atoms with Crippen molar-refractivity contribution in [2.75, 3.05) is 21.3 Å². The van der Waals surface area contributed by atoms with E-state index in [4.69, 9.17) is 4.74 Å². The Balaban J connectivity index is 3.58. The second-order valence-electron chi connectivity index (χ2n) is 8.75. The predicted octanol–water partition coefficient (Wildman–Crippen LogP) is 5.95. The van der Waals surface area contributed by atoms with E-state index in [1.165, 1.54) is 13.2 Å². The number of hydrogen-bond acceptors (Lipinski definition) is 5. The molecule has 0 fully saturated rings. The van der Waals surface area contributed by atoms with Gasteiger partial charge in [0.1, 0.15) is 5.75 Å². The van der Waals surface area contributed by atoms with Crippen LogP contribution in [0.2, 0.25) is 0 Å². The first-order valence-corrected chi connectivity index (χ1v) is 10.6. The number of benzene rings is 1. The van der Waals surface area contributed by atoms with E-state index >= 15 is 0 Å². The summed E-state index contributed by atoms with van der Waals surface area (Å²) < 4.78 is 54.9. The van der Waals surface area contributed by atoms with Gasteiger partial charge in [-0.15, -0.1) is 0 Å². The van der Waals surface area contributed by atoms with Crippen molar-refractivity contribution in [3.8, 4) is 5.75 Å². The lowest BCUT2D eigenvalue weighted by atomic mass is 9.79. The third-order valence-corrected chi connectivity index (χ3v) is 6.40. The maximum Gasteiger partial charge on any atom is 0.407 e. The standard InChI is InChI=1S/C21H31F2O5P/c1-19(2,3)15-12-14(18(26-7)16(13-15)20(4,5)6)10-11-17(24)21(22,23)29(25,27-8)28-9/h10-13H,1-9H3/b11-10+. The number of ether oxygens (including phenoxy) is 1. The third kappa shape index (κ3) is 5.33. The summed E-state index contributed by atoms with van der Waals surface area (Å²) in [4.78, 5) is 12.2. The fourth-order valence-electron chi connectivity index (χ4n) is 2.70. The molecular weight excluding hydrogens is 401 g/mol. The molecule has 0 saturated carbocycles. The predicted molar refractivity (Wildman–Crippen MR) is 111 cm³/mol. The summed E-state index contributed by atoms with van der Waals surface area (Å²) in [7, 11) is -1.82. The molecular formula is C21H31F2O5P. The van der Waals surface area contributed by atoms with Crippen molar-refractivity contribution < 1.29 is 31.9 Å². The van der Waals surface area contributed by atoms with Crippen molar-refractivity contribution >= 4 is 19.5 Å². The molecule has 1 aromatic rings. The van der Waals surface area contributed by atoms with Gasteiger partial charge in [0.2, 0.25) is 5.78 Å². The van der Waals surface area contributed by atoms with Crippen LogP contribution in [0.4, 0.5) is 8.78 Å². The van der Waals surface area contributed by atoms with Gasteiger partial charge in [-0.05, 0) is 34.6 Å². The van der Waals surface area contributed by atoms with Crippen LogP contribution in [0, 0.1) is 0 Å². The van der Waals surface area contributed by atoms with E-state index in [2.05, 4.69) is 9.05 Å². The fraction of sp³-hybridized carbons (Fsp3) is 0.571. The van der Waals surface area contributed by atoms with Gasteiger partial charge < -0.3 is 13.8 Å². The maximum absolute atomic E-state index is 14.3. The van der Waals surface area contributed by atoms with Gasteiger partial charge in [-0.2, -0.15) is 8.78 Å². The molecule has 0 spiro atoms. The number of carbonyl (C=O) groups excluding carboxylic acids is 1. The van der Waals surface area contributed by atoms with E-state index in [1.54, 1.807) is 6.07 Å². The SMILES string of the molecule is COc1c(/C=C/C(=O)C(F)(F)P(=O)(OC)OC)cc(C(C)(C)C)cc1C(C)(C)C. The molecule has 1 aromatic carbocycles. The molecule has 0 bridgehead atoms. The summed E-state index contributed by atoms with van der Waals surface area (Å²) in [6, 6.07) is 3.82. The van der Waals surface area contributed by atoms with Crippen molar-refractivity contribution in [1.82, 2.24) is 0 Å². The van der Waals surface area contributed by atoms with E-state index in [-0.39, 0.29) is 10.8 Å². The molecule has 0 radical (unpaired) electrons. The van der Waals surface area contributed by atoms with Crippen molar-refractivity contribution in [3.05, 3.63) is 34.9 Å². The Morgan fingerprint density at radius 1 is 0.966 bits per heavy atom. The lowest BCUT2D eigenvalue weighted by molar-refractivity contribution is -0.130. The third-order valence-electron chi connectivity index (χ3n) is 4.53. The zero-order valence-corrected chi connectivity index (χ0v) is 19.4. The Morgan fingerprint density at radius 2 is 1.48 bits per heavy atom. The molecule has 164 valence electrons. The highest BCUT2D eigenvalue weighted by Gasteiger charge is 2.57. The summed E-state index contributed by atoms with van der Waals surface area (Å²) in [6.07, 6.45) is 1.93. The molecule has 0 aromatic heterocycles. The number of methoxy groups -OCH3 is 1. The van der Waals surface area contributed by atoms with Crippen molar-refractivity contribution in [3.63, 3.8) is 0 Å². The van der Waals surface area contributed by atoms with Gasteiger partial charge in [-0.25, -0.2) is 0 Å². The zero-order valence-electron chi connectivity index (χ0n) is 18.6. The van der Waals surface area contributed by atoms with E-state index in [0.29, 0.717) is 17.4 Å². The minimum atomic E-state index is -4.92. The molecule has 0 saturated heterocycles. The van der Waals surface area contributed by atoms with E-state index in [1.807, 2.05) is 47.6 Å². The maximum atomic E-state index is 14.3. The number of ketones is 1. The van der Waals surface area contributed by atoms with Crippen LogP contribution in [0.3, 0.4) is 0 Å². The van der Waals surface area contributed by atoms with E-state index in [9.17, 15) is 18.1 Å². The largest absolute Gasteiger partial charge is 0.496 e. The number of rotatable bonds is 7. The summed E-state index contributed by atoms with van der Waals surface area (Å²) in [5, 5.41) is 0. The van der Waals surface area contributed by atoms with Crippen molar-refractivity contribution in [2.45, 2.75) is 58.0 Å². The molecule has 0 unspecified atom stereocenters. The molecule has 0 aliphatic rings. The van der Waals surface area contributed by atoms with Crippen molar-refractivity contribution in [2.24, 2.45) is 0 Å². The molecule has 29 heavy (non-hydrogen) atoms. The topological polar surface area (TPSA) is 61.8 Å². The van der Waals surface area contributed by atoms with E-state index < -0.39 is 19.0 Å². The smallest absolute Gasteiger partial charge is 0.407 e. The molecule has 5 nitrogen and oxygen atoms in total. The van der Waals surface area contributed by atoms with Crippen molar-refractivity contribution in [1.29, 1.82) is 0 Å². The minimum absolute atomic E-state index is 0.218. The second-order valence-corrected chi connectivity index (χ2v) is 11.0. The van der Waals surface area contributed by atoms with Crippen LogP contribution in [0.1, 0.15) is 58.2 Å². The van der Waals surface area contributed by atoms with Crippen LogP contribution < -0.4 is 4.74 Å². The van der Waals surface area contributed by atoms with Gasteiger partial charge in [0.15, 0.2) is 0 Å². The van der Waals surface area contributed by atoms with Crippen LogP contribution in [-0.4, -0.2) is 32.8 Å². The van der Waals surface area contributed by atoms with Gasteiger partial charge >= 0.3 is 13.3 Å². The lowest BCUT2D eigenvalue weighted by Gasteiger charge is -2.28. The molecule has 8 heteroatoms. The second kappa shape index (κ2) is 8.66. The molecule has 1 rings (SSSR count). The van der Waals surface area contributed by atoms with Crippen LogP contribution in [-0.2, 0) is 29.2 Å². The van der Waals surface area contributed by atoms with E-state index in [0.717, 1.165) is 25.3 Å². The van der Waals surface area contributed by atoms with Crippen LogP contribution in [0.15, 0.2) is 18.2 Å². The summed E-state index contributed by atoms with van der Waals surface area (Å²) >= 11 is 0. The molecule has 0 amide bonds. The average Bonchev–Trinajstić information content (AvgIpc) is 2.62. The number of alkyl halides is 2. The molecule has 0 heterocycles. The Labute approximate surface area is 172 Å². The summed E-state index contributed by atoms with van der Waals surface area (Å²) in [5.41, 5.74) is -2.50. The summed E-state index contributed by atoms with van der Waals surface area (Å²) in [6.45, 7) is 12.1. The normalized spacial score (nSPS) is 13.8. The highest BCUT2D eigenvalue weighted by atomic mass is 31.2. The Bertz CT molecular complexity index is 825. The quantitative estimate of drug-likeness (QED) is 0.394. The zero-order chi connectivity index (χ0) is 22.8. The lowest BCUT2D eigenvalue weighted by Crippen LogP contribution is -2.28. The first kappa shape index (κ1) is 25.5. The highest BCUT2D eigenvalue weighted by molar-refractivity contribution is 7.56. The molecule has 0 aliphatic heterocycles. The Morgan fingerprint density at radius 3 is 1.86 bits per heavy atom. The summed E-state index contributed by atoms with van der Waals surface area (Å²) in [5.74, 6) is -1.19. The Hall–Kier alpha value is -1.56. The molecule has 0 atom stereocenters. The number of carbonyl (C=O) groups is 1. The van der Waals surface area contributed by atoms with Gasteiger partial charge in [-0.3, -0.25) is 9.36 Å². The monoisotopic (exact) mass is 432 g/mol. The average molecular weight is 432 g/mol. The fourth-order valence-corrected chi connectivity index (χ4v) is 3.65.